The summed E-state index contributed by atoms with van der Waals surface area (Å²) in [7, 11) is 1.84. The van der Waals surface area contributed by atoms with Crippen molar-refractivity contribution in [2.24, 2.45) is 0 Å². The highest BCUT2D eigenvalue weighted by molar-refractivity contribution is 5.64. The summed E-state index contributed by atoms with van der Waals surface area (Å²) in [5, 5.41) is 3.05. The quantitative estimate of drug-likeness (QED) is 0.824. The molecule has 0 bridgehead atoms. The normalized spacial score (nSPS) is 10.2. The highest BCUT2D eigenvalue weighted by atomic mass is 15.0. The molecule has 0 saturated heterocycles. The van der Waals surface area contributed by atoms with Crippen LogP contribution in [-0.2, 0) is 0 Å². The van der Waals surface area contributed by atoms with Crippen LogP contribution in [0.15, 0.2) is 18.6 Å². The van der Waals surface area contributed by atoms with Crippen molar-refractivity contribution in [2.45, 2.75) is 13.8 Å². The number of rotatable bonds is 2. The van der Waals surface area contributed by atoms with Crippen molar-refractivity contribution < 1.29 is 0 Å². The van der Waals surface area contributed by atoms with E-state index in [2.05, 4.69) is 25.3 Å². The Labute approximate surface area is 94.0 Å². The van der Waals surface area contributed by atoms with Crippen molar-refractivity contribution >= 4 is 5.82 Å². The molecule has 1 N–H and O–H groups in total. The predicted molar refractivity (Wildman–Crippen MR) is 62.1 cm³/mol. The van der Waals surface area contributed by atoms with Gasteiger partial charge in [0.1, 0.15) is 17.3 Å². The first-order chi connectivity index (χ1) is 7.72. The van der Waals surface area contributed by atoms with E-state index in [0.29, 0.717) is 0 Å². The van der Waals surface area contributed by atoms with Crippen molar-refractivity contribution in [3.63, 3.8) is 0 Å². The molecule has 0 unspecified atom stereocenters. The topological polar surface area (TPSA) is 63.6 Å². The lowest BCUT2D eigenvalue weighted by atomic mass is 10.2. The maximum atomic E-state index is 4.40. The molecule has 2 heterocycles. The zero-order valence-corrected chi connectivity index (χ0v) is 9.52. The minimum Gasteiger partial charge on any atom is -0.373 e. The molecular weight excluding hydrogens is 202 g/mol. The van der Waals surface area contributed by atoms with E-state index in [-0.39, 0.29) is 0 Å². The van der Waals surface area contributed by atoms with Gasteiger partial charge in [0.15, 0.2) is 0 Å². The van der Waals surface area contributed by atoms with E-state index < -0.39 is 0 Å². The molecule has 0 aromatic carbocycles. The van der Waals surface area contributed by atoms with Gasteiger partial charge in [-0.05, 0) is 13.8 Å². The molecule has 0 fully saturated rings. The molecular formula is C11H13N5. The molecule has 0 aliphatic heterocycles. The van der Waals surface area contributed by atoms with E-state index in [4.69, 9.17) is 0 Å². The maximum absolute atomic E-state index is 4.40. The summed E-state index contributed by atoms with van der Waals surface area (Å²) >= 11 is 0. The van der Waals surface area contributed by atoms with E-state index in [1.54, 1.807) is 18.6 Å². The van der Waals surface area contributed by atoms with Crippen molar-refractivity contribution in [1.82, 2.24) is 19.9 Å². The van der Waals surface area contributed by atoms with Gasteiger partial charge in [0, 0.05) is 25.0 Å². The van der Waals surface area contributed by atoms with E-state index >= 15 is 0 Å². The van der Waals surface area contributed by atoms with E-state index in [1.807, 2.05) is 20.9 Å². The lowest BCUT2D eigenvalue weighted by Crippen LogP contribution is -2.03. The minimum atomic E-state index is 0.718. The Morgan fingerprint density at radius 3 is 2.56 bits per heavy atom. The highest BCUT2D eigenvalue weighted by Crippen LogP contribution is 2.22. The van der Waals surface area contributed by atoms with E-state index in [1.165, 1.54) is 0 Å². The molecule has 0 spiro atoms. The van der Waals surface area contributed by atoms with Crippen LogP contribution in [0.5, 0.6) is 0 Å². The van der Waals surface area contributed by atoms with Gasteiger partial charge in [-0.3, -0.25) is 9.97 Å². The fourth-order valence-corrected chi connectivity index (χ4v) is 1.54. The fraction of sp³-hybridized carbons (Fsp3) is 0.273. The predicted octanol–water partition coefficient (Wildman–Crippen LogP) is 1.59. The average molecular weight is 215 g/mol. The van der Waals surface area contributed by atoms with E-state index in [9.17, 15) is 0 Å². The van der Waals surface area contributed by atoms with Gasteiger partial charge in [0.25, 0.3) is 0 Å². The first-order valence-electron chi connectivity index (χ1n) is 5.01. The van der Waals surface area contributed by atoms with Gasteiger partial charge in [0.05, 0.1) is 11.9 Å². The van der Waals surface area contributed by atoms with Gasteiger partial charge in [-0.25, -0.2) is 9.97 Å². The minimum absolute atomic E-state index is 0.718. The number of nitrogens with zero attached hydrogens (tertiary/aromatic N) is 4. The van der Waals surface area contributed by atoms with Crippen molar-refractivity contribution in [1.29, 1.82) is 0 Å². The molecule has 16 heavy (non-hydrogen) atoms. The summed E-state index contributed by atoms with van der Waals surface area (Å²) < 4.78 is 0. The number of hydrogen-bond donors (Lipinski definition) is 1. The Hall–Kier alpha value is -2.04. The summed E-state index contributed by atoms with van der Waals surface area (Å²) in [6, 6.07) is 0. The molecule has 0 aliphatic carbocycles. The zero-order valence-electron chi connectivity index (χ0n) is 9.52. The van der Waals surface area contributed by atoms with Crippen LogP contribution in [0.25, 0.3) is 11.4 Å². The van der Waals surface area contributed by atoms with Crippen LogP contribution in [-0.4, -0.2) is 27.0 Å². The summed E-state index contributed by atoms with van der Waals surface area (Å²) in [6.07, 6.45) is 5.01. The molecule has 2 rings (SSSR count). The van der Waals surface area contributed by atoms with Crippen LogP contribution in [0.4, 0.5) is 5.82 Å². The van der Waals surface area contributed by atoms with Crippen molar-refractivity contribution in [3.8, 4) is 11.4 Å². The summed E-state index contributed by atoms with van der Waals surface area (Å²) in [5.41, 5.74) is 2.57. The fourth-order valence-electron chi connectivity index (χ4n) is 1.54. The smallest absolute Gasteiger partial charge is 0.133 e. The molecule has 0 aliphatic rings. The second kappa shape index (κ2) is 4.22. The van der Waals surface area contributed by atoms with Crippen molar-refractivity contribution in [3.05, 3.63) is 30.0 Å². The summed E-state index contributed by atoms with van der Waals surface area (Å²) in [6.45, 7) is 3.83. The van der Waals surface area contributed by atoms with Crippen LogP contribution in [0, 0.1) is 13.8 Å². The molecule has 82 valence electrons. The Balaban J connectivity index is 2.61. The SMILES string of the molecule is CNc1nc(C)nc(-c2cnccn2)c1C. The molecule has 5 nitrogen and oxygen atoms in total. The monoisotopic (exact) mass is 215 g/mol. The average Bonchev–Trinajstić information content (AvgIpc) is 2.33. The Bertz CT molecular complexity index is 495. The van der Waals surface area contributed by atoms with Gasteiger partial charge < -0.3 is 5.32 Å². The number of anilines is 1. The molecule has 5 heteroatoms. The van der Waals surface area contributed by atoms with Gasteiger partial charge in [-0.15, -0.1) is 0 Å². The molecule has 0 radical (unpaired) electrons. The summed E-state index contributed by atoms with van der Waals surface area (Å²) in [4.78, 5) is 17.0. The second-order valence-electron chi connectivity index (χ2n) is 3.43. The van der Waals surface area contributed by atoms with Gasteiger partial charge in [-0.1, -0.05) is 0 Å². The third-order valence-electron chi connectivity index (χ3n) is 2.30. The molecule has 0 saturated carbocycles. The second-order valence-corrected chi connectivity index (χ2v) is 3.43. The van der Waals surface area contributed by atoms with Crippen LogP contribution in [0.3, 0.4) is 0 Å². The largest absolute Gasteiger partial charge is 0.373 e. The standard InChI is InChI=1S/C11H13N5/c1-7-10(9-6-13-4-5-14-9)15-8(2)16-11(7)12-3/h4-6H,1-3H3,(H,12,15,16). The van der Waals surface area contributed by atoms with Crippen molar-refractivity contribution in [2.75, 3.05) is 12.4 Å². The number of nitrogens with one attached hydrogen (secondary N) is 1. The molecule has 0 atom stereocenters. The summed E-state index contributed by atoms with van der Waals surface area (Å²) in [5.74, 6) is 1.55. The Kier molecular flexibility index (Phi) is 2.76. The molecule has 2 aromatic heterocycles. The van der Waals surface area contributed by atoms with Crippen LogP contribution in [0.1, 0.15) is 11.4 Å². The first kappa shape index (κ1) is 10.5. The Morgan fingerprint density at radius 1 is 1.12 bits per heavy atom. The third kappa shape index (κ3) is 1.84. The number of hydrogen-bond acceptors (Lipinski definition) is 5. The maximum Gasteiger partial charge on any atom is 0.133 e. The number of aryl methyl sites for hydroxylation is 1. The number of aromatic nitrogens is 4. The third-order valence-corrected chi connectivity index (χ3v) is 2.30. The lowest BCUT2D eigenvalue weighted by Gasteiger charge is -2.09. The van der Waals surface area contributed by atoms with Crippen LogP contribution in [0.2, 0.25) is 0 Å². The zero-order chi connectivity index (χ0) is 11.5. The van der Waals surface area contributed by atoms with Gasteiger partial charge >= 0.3 is 0 Å². The first-order valence-corrected chi connectivity index (χ1v) is 5.01. The van der Waals surface area contributed by atoms with E-state index in [0.717, 1.165) is 28.6 Å². The molecule has 0 amide bonds. The highest BCUT2D eigenvalue weighted by Gasteiger charge is 2.10. The Morgan fingerprint density at radius 2 is 1.94 bits per heavy atom. The van der Waals surface area contributed by atoms with Gasteiger partial charge in [0.2, 0.25) is 0 Å². The van der Waals surface area contributed by atoms with Crippen LogP contribution >= 0.6 is 0 Å². The van der Waals surface area contributed by atoms with Crippen LogP contribution < -0.4 is 5.32 Å². The van der Waals surface area contributed by atoms with Gasteiger partial charge in [-0.2, -0.15) is 0 Å². The molecule has 2 aromatic rings. The lowest BCUT2D eigenvalue weighted by molar-refractivity contribution is 1.02.